The standard InChI is InChI=1S/C19H22N2O5/c1-23-15-8-7-13(9-18(15)24-2)10-20-19(22)21-11-14-12-25-16-5-3-4-6-17(16)26-14/h3-9,14H,10-12H2,1-2H3,(H2,20,21,22). The van der Waals surface area contributed by atoms with Gasteiger partial charge in [0.1, 0.15) is 6.61 Å². The molecule has 3 rings (SSSR count). The average molecular weight is 358 g/mol. The fourth-order valence-corrected chi connectivity index (χ4v) is 2.61. The Morgan fingerprint density at radius 3 is 2.62 bits per heavy atom. The fraction of sp³-hybridized carbons (Fsp3) is 0.316. The number of fused-ring (bicyclic) bond motifs is 1. The molecule has 26 heavy (non-hydrogen) atoms. The highest BCUT2D eigenvalue weighted by Crippen LogP contribution is 2.30. The van der Waals surface area contributed by atoms with Crippen LogP contribution < -0.4 is 29.6 Å². The Morgan fingerprint density at radius 2 is 1.85 bits per heavy atom. The van der Waals surface area contributed by atoms with Crippen LogP contribution in [0.4, 0.5) is 4.79 Å². The summed E-state index contributed by atoms with van der Waals surface area (Å²) in [7, 11) is 3.16. The summed E-state index contributed by atoms with van der Waals surface area (Å²) in [6, 6.07) is 12.7. The van der Waals surface area contributed by atoms with Gasteiger partial charge in [-0.3, -0.25) is 0 Å². The van der Waals surface area contributed by atoms with Crippen molar-refractivity contribution in [2.75, 3.05) is 27.4 Å². The maximum Gasteiger partial charge on any atom is 0.315 e. The van der Waals surface area contributed by atoms with Crippen molar-refractivity contribution >= 4 is 6.03 Å². The predicted molar refractivity (Wildman–Crippen MR) is 96.1 cm³/mol. The molecule has 2 amide bonds. The van der Waals surface area contributed by atoms with Crippen LogP contribution in [0, 0.1) is 0 Å². The maximum atomic E-state index is 12.0. The van der Waals surface area contributed by atoms with Crippen LogP contribution in [0.3, 0.4) is 0 Å². The molecule has 2 N–H and O–H groups in total. The van der Waals surface area contributed by atoms with E-state index < -0.39 is 0 Å². The minimum Gasteiger partial charge on any atom is -0.493 e. The minimum atomic E-state index is -0.276. The van der Waals surface area contributed by atoms with Gasteiger partial charge in [-0.15, -0.1) is 0 Å². The zero-order chi connectivity index (χ0) is 18.4. The summed E-state index contributed by atoms with van der Waals surface area (Å²) >= 11 is 0. The number of ether oxygens (including phenoxy) is 4. The molecule has 1 atom stereocenters. The van der Waals surface area contributed by atoms with Gasteiger partial charge in [-0.25, -0.2) is 4.79 Å². The van der Waals surface area contributed by atoms with Gasteiger partial charge in [0, 0.05) is 6.54 Å². The van der Waals surface area contributed by atoms with Gasteiger partial charge in [0.2, 0.25) is 0 Å². The lowest BCUT2D eigenvalue weighted by Crippen LogP contribution is -2.44. The normalized spacial score (nSPS) is 15.1. The number of hydrogen-bond donors (Lipinski definition) is 2. The number of carbonyl (C=O) groups excluding carboxylic acids is 1. The summed E-state index contributed by atoms with van der Waals surface area (Å²) in [5, 5.41) is 5.60. The van der Waals surface area contributed by atoms with Crippen LogP contribution in [0.5, 0.6) is 23.0 Å². The Kier molecular flexibility index (Phi) is 5.68. The molecule has 2 aromatic carbocycles. The number of urea groups is 1. The number of carbonyl (C=O) groups is 1. The van der Waals surface area contributed by atoms with E-state index in [4.69, 9.17) is 18.9 Å². The summed E-state index contributed by atoms with van der Waals surface area (Å²) < 4.78 is 21.9. The number of para-hydroxylation sites is 2. The first-order valence-electron chi connectivity index (χ1n) is 8.30. The van der Waals surface area contributed by atoms with Crippen molar-refractivity contribution in [3.8, 4) is 23.0 Å². The van der Waals surface area contributed by atoms with Crippen molar-refractivity contribution in [1.29, 1.82) is 0 Å². The van der Waals surface area contributed by atoms with E-state index in [1.807, 2.05) is 36.4 Å². The van der Waals surface area contributed by atoms with Gasteiger partial charge in [0.15, 0.2) is 29.1 Å². The first-order valence-corrected chi connectivity index (χ1v) is 8.30. The van der Waals surface area contributed by atoms with Gasteiger partial charge in [-0.2, -0.15) is 0 Å². The second-order valence-corrected chi connectivity index (χ2v) is 5.75. The zero-order valence-electron chi connectivity index (χ0n) is 14.8. The Hall–Kier alpha value is -3.09. The monoisotopic (exact) mass is 358 g/mol. The molecule has 7 nitrogen and oxygen atoms in total. The lowest BCUT2D eigenvalue weighted by Gasteiger charge is -2.26. The molecule has 0 fully saturated rings. The highest BCUT2D eigenvalue weighted by molar-refractivity contribution is 5.73. The Morgan fingerprint density at radius 1 is 1.08 bits per heavy atom. The third-order valence-electron chi connectivity index (χ3n) is 3.96. The van der Waals surface area contributed by atoms with E-state index in [9.17, 15) is 4.79 Å². The van der Waals surface area contributed by atoms with Crippen molar-refractivity contribution < 1.29 is 23.7 Å². The summed E-state index contributed by atoms with van der Waals surface area (Å²) in [6.07, 6.45) is -0.225. The van der Waals surface area contributed by atoms with Crippen LogP contribution in [0.1, 0.15) is 5.56 Å². The van der Waals surface area contributed by atoms with Crippen LogP contribution in [0.2, 0.25) is 0 Å². The van der Waals surface area contributed by atoms with Crippen LogP contribution in [0.15, 0.2) is 42.5 Å². The van der Waals surface area contributed by atoms with Gasteiger partial charge in [0.25, 0.3) is 0 Å². The van der Waals surface area contributed by atoms with Gasteiger partial charge < -0.3 is 29.6 Å². The summed E-state index contributed by atoms with van der Waals surface area (Å²) in [6.45, 7) is 1.12. The summed E-state index contributed by atoms with van der Waals surface area (Å²) in [5.41, 5.74) is 0.906. The highest BCUT2D eigenvalue weighted by atomic mass is 16.6. The summed E-state index contributed by atoms with van der Waals surface area (Å²) in [5.74, 6) is 2.69. The fourth-order valence-electron chi connectivity index (χ4n) is 2.61. The van der Waals surface area contributed by atoms with E-state index in [1.165, 1.54) is 0 Å². The zero-order valence-corrected chi connectivity index (χ0v) is 14.8. The molecule has 0 saturated carbocycles. The molecular formula is C19H22N2O5. The third kappa shape index (κ3) is 4.30. The van der Waals surface area contributed by atoms with E-state index in [-0.39, 0.29) is 12.1 Å². The van der Waals surface area contributed by atoms with Crippen LogP contribution in [-0.2, 0) is 6.54 Å². The summed E-state index contributed by atoms with van der Waals surface area (Å²) in [4.78, 5) is 12.0. The third-order valence-corrected chi connectivity index (χ3v) is 3.96. The molecule has 138 valence electrons. The van der Waals surface area contributed by atoms with Gasteiger partial charge in [-0.05, 0) is 29.8 Å². The molecule has 0 aliphatic carbocycles. The maximum absolute atomic E-state index is 12.0. The highest BCUT2D eigenvalue weighted by Gasteiger charge is 2.20. The Balaban J connectivity index is 1.45. The topological polar surface area (TPSA) is 78.1 Å². The Labute approximate surface area is 152 Å². The van der Waals surface area contributed by atoms with E-state index >= 15 is 0 Å². The first kappa shape index (κ1) is 17.7. The molecule has 1 aliphatic rings. The second-order valence-electron chi connectivity index (χ2n) is 5.75. The molecule has 1 aliphatic heterocycles. The van der Waals surface area contributed by atoms with E-state index in [0.29, 0.717) is 36.9 Å². The largest absolute Gasteiger partial charge is 0.493 e. The smallest absolute Gasteiger partial charge is 0.315 e. The molecule has 0 radical (unpaired) electrons. The van der Waals surface area contributed by atoms with Crippen LogP contribution in [-0.4, -0.2) is 39.5 Å². The number of methoxy groups -OCH3 is 2. The Bertz CT molecular complexity index is 765. The molecule has 7 heteroatoms. The number of amides is 2. The molecule has 0 aromatic heterocycles. The lowest BCUT2D eigenvalue weighted by molar-refractivity contribution is 0.0918. The van der Waals surface area contributed by atoms with Gasteiger partial charge in [-0.1, -0.05) is 18.2 Å². The molecule has 0 spiro atoms. The molecule has 1 unspecified atom stereocenters. The number of nitrogens with one attached hydrogen (secondary N) is 2. The quantitative estimate of drug-likeness (QED) is 0.829. The molecule has 0 bridgehead atoms. The van der Waals surface area contributed by atoms with Crippen molar-refractivity contribution in [2.24, 2.45) is 0 Å². The predicted octanol–water partition coefficient (Wildman–Crippen LogP) is 2.34. The van der Waals surface area contributed by atoms with E-state index in [1.54, 1.807) is 20.3 Å². The van der Waals surface area contributed by atoms with E-state index in [2.05, 4.69) is 10.6 Å². The minimum absolute atomic E-state index is 0.225. The lowest BCUT2D eigenvalue weighted by atomic mass is 10.2. The first-order chi connectivity index (χ1) is 12.7. The van der Waals surface area contributed by atoms with E-state index in [0.717, 1.165) is 11.3 Å². The van der Waals surface area contributed by atoms with Crippen molar-refractivity contribution in [1.82, 2.24) is 10.6 Å². The van der Waals surface area contributed by atoms with Crippen molar-refractivity contribution in [3.05, 3.63) is 48.0 Å². The molecule has 2 aromatic rings. The molecule has 1 heterocycles. The second kappa shape index (κ2) is 8.33. The molecule has 0 saturated heterocycles. The SMILES string of the molecule is COc1ccc(CNC(=O)NCC2COc3ccccc3O2)cc1OC. The van der Waals surface area contributed by atoms with Crippen LogP contribution in [0.25, 0.3) is 0 Å². The van der Waals surface area contributed by atoms with Crippen molar-refractivity contribution in [3.63, 3.8) is 0 Å². The van der Waals surface area contributed by atoms with Crippen LogP contribution >= 0.6 is 0 Å². The number of benzene rings is 2. The van der Waals surface area contributed by atoms with Gasteiger partial charge >= 0.3 is 6.03 Å². The number of hydrogen-bond acceptors (Lipinski definition) is 5. The average Bonchev–Trinajstić information content (AvgIpc) is 2.70. The molecular weight excluding hydrogens is 336 g/mol. The van der Waals surface area contributed by atoms with Gasteiger partial charge in [0.05, 0.1) is 20.8 Å². The van der Waals surface area contributed by atoms with Crippen molar-refractivity contribution in [2.45, 2.75) is 12.6 Å². The number of rotatable bonds is 6.